The molecule has 0 spiro atoms. The highest BCUT2D eigenvalue weighted by molar-refractivity contribution is 5.84. The maximum atomic E-state index is 12.0. The summed E-state index contributed by atoms with van der Waals surface area (Å²) in [6.07, 6.45) is 0.293. The molecule has 4 heteroatoms. The van der Waals surface area contributed by atoms with Gasteiger partial charge in [0.25, 0.3) is 0 Å². The van der Waals surface area contributed by atoms with E-state index in [1.165, 1.54) is 0 Å². The van der Waals surface area contributed by atoms with E-state index < -0.39 is 12.0 Å². The molecule has 2 N–H and O–H groups in total. The Kier molecular flexibility index (Phi) is 5.74. The number of hydrogen-bond acceptors (Lipinski definition) is 2. The molecular weight excluding hydrogens is 254 g/mol. The van der Waals surface area contributed by atoms with E-state index >= 15 is 0 Å². The number of carboxylic acids is 1. The second-order valence-electron chi connectivity index (χ2n) is 5.59. The molecule has 0 aliphatic rings. The van der Waals surface area contributed by atoms with Crippen LogP contribution in [0.3, 0.4) is 0 Å². The maximum Gasteiger partial charge on any atom is 0.326 e. The van der Waals surface area contributed by atoms with Crippen molar-refractivity contribution in [1.82, 2.24) is 5.32 Å². The lowest BCUT2D eigenvalue weighted by Gasteiger charge is -2.20. The minimum Gasteiger partial charge on any atom is -0.480 e. The van der Waals surface area contributed by atoms with Crippen molar-refractivity contribution in [3.63, 3.8) is 0 Å². The van der Waals surface area contributed by atoms with Crippen molar-refractivity contribution in [3.8, 4) is 0 Å². The summed E-state index contributed by atoms with van der Waals surface area (Å²) >= 11 is 0. The number of nitrogens with one attached hydrogen (secondary N) is 1. The van der Waals surface area contributed by atoms with Crippen molar-refractivity contribution in [2.75, 3.05) is 0 Å². The van der Waals surface area contributed by atoms with Gasteiger partial charge in [0.15, 0.2) is 0 Å². The number of carbonyl (C=O) groups excluding carboxylic acids is 1. The maximum absolute atomic E-state index is 12.0. The summed E-state index contributed by atoms with van der Waals surface area (Å²) in [4.78, 5) is 23.1. The lowest BCUT2D eigenvalue weighted by molar-refractivity contribution is -0.143. The average molecular weight is 277 g/mol. The van der Waals surface area contributed by atoms with Crippen LogP contribution < -0.4 is 5.32 Å². The third kappa shape index (κ3) is 4.37. The van der Waals surface area contributed by atoms with E-state index in [0.717, 1.165) is 11.1 Å². The van der Waals surface area contributed by atoms with Crippen LogP contribution in [0.1, 0.15) is 44.2 Å². The SMILES string of the molecule is Cc1ccccc1C(C)CC(=O)N[C@@H](C(=O)O)C(C)C. The molecule has 0 radical (unpaired) electrons. The number of amides is 1. The Labute approximate surface area is 120 Å². The van der Waals surface area contributed by atoms with Crippen LogP contribution in [0.2, 0.25) is 0 Å². The number of benzene rings is 1. The Morgan fingerprint density at radius 2 is 1.80 bits per heavy atom. The van der Waals surface area contributed by atoms with Gasteiger partial charge in [-0.25, -0.2) is 4.79 Å². The molecule has 0 bridgehead atoms. The highest BCUT2D eigenvalue weighted by atomic mass is 16.4. The van der Waals surface area contributed by atoms with Crippen LogP contribution in [0.15, 0.2) is 24.3 Å². The van der Waals surface area contributed by atoms with E-state index in [1.54, 1.807) is 13.8 Å². The molecule has 1 amide bonds. The van der Waals surface area contributed by atoms with Crippen LogP contribution in [0.5, 0.6) is 0 Å². The fraction of sp³-hybridized carbons (Fsp3) is 0.500. The predicted molar refractivity (Wildman–Crippen MR) is 78.6 cm³/mol. The van der Waals surface area contributed by atoms with Crippen LogP contribution in [-0.4, -0.2) is 23.0 Å². The van der Waals surface area contributed by atoms with Gasteiger partial charge in [-0.1, -0.05) is 45.0 Å². The van der Waals surface area contributed by atoms with E-state index in [9.17, 15) is 9.59 Å². The Bertz CT molecular complexity index is 482. The first-order valence-electron chi connectivity index (χ1n) is 6.90. The number of rotatable bonds is 6. The van der Waals surface area contributed by atoms with Gasteiger partial charge in [0.1, 0.15) is 6.04 Å². The topological polar surface area (TPSA) is 66.4 Å². The molecule has 0 heterocycles. The minimum absolute atomic E-state index is 0.0674. The molecule has 20 heavy (non-hydrogen) atoms. The highest BCUT2D eigenvalue weighted by Crippen LogP contribution is 2.22. The molecular formula is C16H23NO3. The lowest BCUT2D eigenvalue weighted by Crippen LogP contribution is -2.44. The number of carboxylic acid groups (broad SMARTS) is 1. The van der Waals surface area contributed by atoms with E-state index in [0.29, 0.717) is 6.42 Å². The van der Waals surface area contributed by atoms with Crippen molar-refractivity contribution < 1.29 is 14.7 Å². The molecule has 110 valence electrons. The second kappa shape index (κ2) is 7.08. The minimum atomic E-state index is -0.989. The van der Waals surface area contributed by atoms with Gasteiger partial charge in [0.05, 0.1) is 0 Å². The monoisotopic (exact) mass is 277 g/mol. The fourth-order valence-corrected chi connectivity index (χ4v) is 2.27. The lowest BCUT2D eigenvalue weighted by atomic mass is 9.93. The molecule has 2 atom stereocenters. The summed E-state index contributed by atoms with van der Waals surface area (Å²) in [5.41, 5.74) is 2.27. The van der Waals surface area contributed by atoms with Crippen molar-refractivity contribution in [2.24, 2.45) is 5.92 Å². The second-order valence-corrected chi connectivity index (χ2v) is 5.59. The number of aryl methyl sites for hydroxylation is 1. The summed E-state index contributed by atoms with van der Waals surface area (Å²) in [5, 5.41) is 11.7. The van der Waals surface area contributed by atoms with Gasteiger partial charge in [-0.2, -0.15) is 0 Å². The first-order chi connectivity index (χ1) is 9.32. The fourth-order valence-electron chi connectivity index (χ4n) is 2.27. The first-order valence-corrected chi connectivity index (χ1v) is 6.90. The number of aliphatic carboxylic acids is 1. The number of carbonyl (C=O) groups is 2. The Hall–Kier alpha value is -1.84. The van der Waals surface area contributed by atoms with E-state index in [1.807, 2.05) is 38.1 Å². The van der Waals surface area contributed by atoms with Gasteiger partial charge in [-0.05, 0) is 29.9 Å². The Balaban J connectivity index is 2.67. The molecule has 0 fully saturated rings. The molecule has 0 saturated carbocycles. The summed E-state index contributed by atoms with van der Waals surface area (Å²) < 4.78 is 0. The van der Waals surface area contributed by atoms with Gasteiger partial charge in [0, 0.05) is 6.42 Å². The zero-order valence-electron chi connectivity index (χ0n) is 12.5. The zero-order chi connectivity index (χ0) is 15.3. The number of hydrogen-bond donors (Lipinski definition) is 2. The van der Waals surface area contributed by atoms with Crippen LogP contribution in [0.25, 0.3) is 0 Å². The third-order valence-electron chi connectivity index (χ3n) is 3.46. The smallest absolute Gasteiger partial charge is 0.326 e. The third-order valence-corrected chi connectivity index (χ3v) is 3.46. The van der Waals surface area contributed by atoms with Crippen molar-refractivity contribution in [2.45, 2.75) is 46.1 Å². The first kappa shape index (κ1) is 16.2. The van der Waals surface area contributed by atoms with Gasteiger partial charge in [0.2, 0.25) is 5.91 Å². The molecule has 4 nitrogen and oxygen atoms in total. The van der Waals surface area contributed by atoms with Crippen molar-refractivity contribution in [3.05, 3.63) is 35.4 Å². The molecule has 0 aliphatic carbocycles. The van der Waals surface area contributed by atoms with Crippen LogP contribution in [0, 0.1) is 12.8 Å². The van der Waals surface area contributed by atoms with Crippen molar-refractivity contribution >= 4 is 11.9 Å². The normalized spacial score (nSPS) is 13.8. The van der Waals surface area contributed by atoms with Gasteiger partial charge in [-0.15, -0.1) is 0 Å². The van der Waals surface area contributed by atoms with Crippen LogP contribution in [0.4, 0.5) is 0 Å². The quantitative estimate of drug-likeness (QED) is 0.840. The molecule has 1 unspecified atom stereocenters. The molecule has 0 aromatic heterocycles. The Morgan fingerprint density at radius 3 is 2.30 bits per heavy atom. The highest BCUT2D eigenvalue weighted by Gasteiger charge is 2.24. The molecule has 1 rings (SSSR count). The predicted octanol–water partition coefficient (Wildman–Crippen LogP) is 2.71. The van der Waals surface area contributed by atoms with E-state index in [-0.39, 0.29) is 17.7 Å². The molecule has 0 saturated heterocycles. The van der Waals surface area contributed by atoms with Gasteiger partial charge < -0.3 is 10.4 Å². The zero-order valence-corrected chi connectivity index (χ0v) is 12.5. The van der Waals surface area contributed by atoms with Gasteiger partial charge in [-0.3, -0.25) is 4.79 Å². The average Bonchev–Trinajstić information content (AvgIpc) is 2.35. The van der Waals surface area contributed by atoms with Crippen LogP contribution in [-0.2, 0) is 9.59 Å². The Morgan fingerprint density at radius 1 is 1.20 bits per heavy atom. The summed E-state index contributed by atoms with van der Waals surface area (Å²) in [5.74, 6) is -1.28. The largest absolute Gasteiger partial charge is 0.480 e. The molecule has 1 aromatic rings. The van der Waals surface area contributed by atoms with E-state index in [2.05, 4.69) is 5.32 Å². The van der Waals surface area contributed by atoms with Crippen LogP contribution >= 0.6 is 0 Å². The summed E-state index contributed by atoms with van der Waals surface area (Å²) in [7, 11) is 0. The standard InChI is InChI=1S/C16H23NO3/c1-10(2)15(16(19)20)17-14(18)9-12(4)13-8-6-5-7-11(13)3/h5-8,10,12,15H,9H2,1-4H3,(H,17,18)(H,19,20)/t12?,15-/m1/s1. The molecule has 1 aromatic carbocycles. The van der Waals surface area contributed by atoms with Gasteiger partial charge >= 0.3 is 5.97 Å². The van der Waals surface area contributed by atoms with E-state index in [4.69, 9.17) is 5.11 Å². The summed E-state index contributed by atoms with van der Waals surface area (Å²) in [6, 6.07) is 7.10. The summed E-state index contributed by atoms with van der Waals surface area (Å²) in [6.45, 7) is 7.55. The molecule has 0 aliphatic heterocycles. The van der Waals surface area contributed by atoms with Crippen molar-refractivity contribution in [1.29, 1.82) is 0 Å².